The number of hydrogen-bond acceptors (Lipinski definition) is 5. The molecule has 0 fully saturated rings. The van der Waals surface area contributed by atoms with Crippen molar-refractivity contribution in [3.8, 4) is 10.4 Å². The van der Waals surface area contributed by atoms with Crippen molar-refractivity contribution in [1.29, 1.82) is 0 Å². The first-order valence-electron chi connectivity index (χ1n) is 9.30. The highest BCUT2D eigenvalue weighted by molar-refractivity contribution is 7.19. The lowest BCUT2D eigenvalue weighted by molar-refractivity contribution is -0.137. The number of benzene rings is 2. The first kappa shape index (κ1) is 20.9. The average Bonchev–Trinajstić information content (AvgIpc) is 3.12. The summed E-state index contributed by atoms with van der Waals surface area (Å²) < 4.78 is 38.1. The van der Waals surface area contributed by atoms with Crippen LogP contribution in [0.4, 0.5) is 29.8 Å². The number of alkyl halides is 3. The maximum Gasteiger partial charge on any atom is 0.416 e. The van der Waals surface area contributed by atoms with Gasteiger partial charge in [-0.2, -0.15) is 13.2 Å². The summed E-state index contributed by atoms with van der Waals surface area (Å²) in [5.74, 6) is -0.447. The monoisotopic (exact) mass is 446 g/mol. The van der Waals surface area contributed by atoms with Crippen LogP contribution in [0.1, 0.15) is 11.1 Å². The van der Waals surface area contributed by atoms with Gasteiger partial charge in [-0.15, -0.1) is 0 Å². The van der Waals surface area contributed by atoms with Gasteiger partial charge in [0.1, 0.15) is 6.54 Å². The molecule has 0 unspecified atom stereocenters. The fourth-order valence-electron chi connectivity index (χ4n) is 3.30. The topological polar surface area (TPSA) is 74.3 Å². The fourth-order valence-corrected chi connectivity index (χ4v) is 4.28. The number of rotatable bonds is 4. The molecule has 0 saturated carbocycles. The van der Waals surface area contributed by atoms with Crippen LogP contribution in [0.15, 0.2) is 48.5 Å². The quantitative estimate of drug-likeness (QED) is 0.623. The molecule has 160 valence electrons. The molecule has 0 radical (unpaired) electrons. The molecule has 2 aromatic carbocycles. The summed E-state index contributed by atoms with van der Waals surface area (Å²) in [6.45, 7) is -0.312. The van der Waals surface area contributed by atoms with Gasteiger partial charge in [-0.3, -0.25) is 14.5 Å². The SMILES string of the molecule is CNc1nc2c(s1)-c1ccccc1CC(=O)N2CC(=O)Nc1ccc(C(F)(F)F)cc1. The van der Waals surface area contributed by atoms with Crippen LogP contribution in [0.2, 0.25) is 0 Å². The summed E-state index contributed by atoms with van der Waals surface area (Å²) in [7, 11) is 1.72. The number of fused-ring (bicyclic) bond motifs is 3. The molecule has 0 saturated heterocycles. The fraction of sp³-hybridized carbons (Fsp3) is 0.190. The van der Waals surface area contributed by atoms with E-state index in [1.165, 1.54) is 28.4 Å². The van der Waals surface area contributed by atoms with Crippen LogP contribution in [-0.4, -0.2) is 30.4 Å². The van der Waals surface area contributed by atoms with Gasteiger partial charge >= 0.3 is 6.18 Å². The number of halogens is 3. The Bertz CT molecular complexity index is 1140. The van der Waals surface area contributed by atoms with Crippen LogP contribution in [0.3, 0.4) is 0 Å². The maximum absolute atomic E-state index is 12.9. The van der Waals surface area contributed by atoms with E-state index >= 15 is 0 Å². The standard InChI is InChI=1S/C21H17F3N4O2S/c1-25-20-27-19-18(31-20)15-5-3-2-4-12(15)10-17(30)28(19)11-16(29)26-14-8-6-13(7-9-14)21(22,23)24/h2-9H,10-11H2,1H3,(H,25,27)(H,26,29). The molecular weight excluding hydrogens is 429 g/mol. The zero-order valence-electron chi connectivity index (χ0n) is 16.3. The molecule has 1 aliphatic rings. The second-order valence-corrected chi connectivity index (χ2v) is 7.86. The van der Waals surface area contributed by atoms with E-state index < -0.39 is 17.6 Å². The number of amides is 2. The van der Waals surface area contributed by atoms with Gasteiger partial charge in [0, 0.05) is 12.7 Å². The molecule has 10 heteroatoms. The Morgan fingerprint density at radius 3 is 2.55 bits per heavy atom. The molecule has 31 heavy (non-hydrogen) atoms. The third-order valence-corrected chi connectivity index (χ3v) is 5.88. The Kier molecular flexibility index (Phi) is 5.40. The van der Waals surface area contributed by atoms with Crippen molar-refractivity contribution in [1.82, 2.24) is 4.98 Å². The third kappa shape index (κ3) is 4.24. The molecule has 1 aromatic heterocycles. The Hall–Kier alpha value is -3.40. The van der Waals surface area contributed by atoms with Crippen LogP contribution in [0, 0.1) is 0 Å². The van der Waals surface area contributed by atoms with Gasteiger partial charge in [0.25, 0.3) is 0 Å². The highest BCUT2D eigenvalue weighted by Crippen LogP contribution is 2.42. The predicted octanol–water partition coefficient (Wildman–Crippen LogP) is 4.40. The van der Waals surface area contributed by atoms with E-state index in [1.54, 1.807) is 7.05 Å². The van der Waals surface area contributed by atoms with E-state index in [2.05, 4.69) is 15.6 Å². The zero-order chi connectivity index (χ0) is 22.2. The highest BCUT2D eigenvalue weighted by atomic mass is 32.1. The summed E-state index contributed by atoms with van der Waals surface area (Å²) in [5.41, 5.74) is 1.12. The maximum atomic E-state index is 12.9. The molecule has 3 aromatic rings. The van der Waals surface area contributed by atoms with E-state index in [4.69, 9.17) is 0 Å². The number of hydrogen-bond donors (Lipinski definition) is 2. The second-order valence-electron chi connectivity index (χ2n) is 6.86. The zero-order valence-corrected chi connectivity index (χ0v) is 17.1. The normalized spacial score (nSPS) is 13.3. The number of anilines is 3. The minimum atomic E-state index is -4.46. The average molecular weight is 446 g/mol. The molecule has 0 spiro atoms. The summed E-state index contributed by atoms with van der Waals surface area (Å²) in [6, 6.07) is 11.6. The van der Waals surface area contributed by atoms with E-state index in [0.29, 0.717) is 10.9 Å². The number of aromatic nitrogens is 1. The number of carbonyl (C=O) groups excluding carboxylic acids is 2. The van der Waals surface area contributed by atoms with E-state index in [0.717, 1.165) is 28.1 Å². The largest absolute Gasteiger partial charge is 0.416 e. The molecule has 0 atom stereocenters. The van der Waals surface area contributed by atoms with Gasteiger partial charge in [0.05, 0.1) is 16.9 Å². The van der Waals surface area contributed by atoms with Gasteiger partial charge in [-0.05, 0) is 35.4 Å². The van der Waals surface area contributed by atoms with E-state index in [9.17, 15) is 22.8 Å². The molecule has 0 bridgehead atoms. The van der Waals surface area contributed by atoms with Crippen LogP contribution in [-0.2, 0) is 22.2 Å². The van der Waals surface area contributed by atoms with Gasteiger partial charge < -0.3 is 10.6 Å². The Labute approximate surface area is 179 Å². The van der Waals surface area contributed by atoms with Crippen molar-refractivity contribution in [2.45, 2.75) is 12.6 Å². The Morgan fingerprint density at radius 2 is 1.87 bits per heavy atom. The third-order valence-electron chi connectivity index (χ3n) is 4.78. The van der Waals surface area contributed by atoms with Crippen molar-refractivity contribution in [2.24, 2.45) is 0 Å². The highest BCUT2D eigenvalue weighted by Gasteiger charge is 2.32. The summed E-state index contributed by atoms with van der Waals surface area (Å²) in [5, 5.41) is 6.10. The molecule has 2 N–H and O–H groups in total. The lowest BCUT2D eigenvalue weighted by Gasteiger charge is -2.19. The molecule has 2 heterocycles. The minimum absolute atomic E-state index is 0.113. The van der Waals surface area contributed by atoms with Crippen molar-refractivity contribution in [3.05, 3.63) is 59.7 Å². The lowest BCUT2D eigenvalue weighted by atomic mass is 10.0. The van der Waals surface area contributed by atoms with Crippen LogP contribution < -0.4 is 15.5 Å². The van der Waals surface area contributed by atoms with E-state index in [1.807, 2.05) is 24.3 Å². The number of thiazole rings is 1. The Balaban J connectivity index is 1.59. The molecule has 1 aliphatic heterocycles. The number of nitrogens with zero attached hydrogens (tertiary/aromatic N) is 2. The van der Waals surface area contributed by atoms with Crippen LogP contribution >= 0.6 is 11.3 Å². The summed E-state index contributed by atoms with van der Waals surface area (Å²) in [6.07, 6.45) is -4.34. The van der Waals surface area contributed by atoms with Crippen molar-refractivity contribution < 1.29 is 22.8 Å². The first-order valence-corrected chi connectivity index (χ1v) is 10.1. The molecule has 0 aliphatic carbocycles. The number of carbonyl (C=O) groups is 2. The van der Waals surface area contributed by atoms with Crippen LogP contribution in [0.5, 0.6) is 0 Å². The van der Waals surface area contributed by atoms with Gasteiger partial charge in [-0.1, -0.05) is 35.6 Å². The molecule has 4 rings (SSSR count). The number of nitrogens with one attached hydrogen (secondary N) is 2. The second kappa shape index (κ2) is 8.03. The molecule has 2 amide bonds. The van der Waals surface area contributed by atoms with Crippen molar-refractivity contribution >= 4 is 39.8 Å². The summed E-state index contributed by atoms with van der Waals surface area (Å²) in [4.78, 5) is 32.1. The molecule has 6 nitrogen and oxygen atoms in total. The minimum Gasteiger partial charge on any atom is -0.365 e. The van der Waals surface area contributed by atoms with Crippen molar-refractivity contribution in [3.63, 3.8) is 0 Å². The van der Waals surface area contributed by atoms with Gasteiger partial charge in [0.15, 0.2) is 10.9 Å². The van der Waals surface area contributed by atoms with Gasteiger partial charge in [0.2, 0.25) is 11.8 Å². The Morgan fingerprint density at radius 1 is 1.16 bits per heavy atom. The first-order chi connectivity index (χ1) is 14.8. The van der Waals surface area contributed by atoms with Gasteiger partial charge in [-0.25, -0.2) is 4.98 Å². The van der Waals surface area contributed by atoms with E-state index in [-0.39, 0.29) is 24.6 Å². The lowest BCUT2D eigenvalue weighted by Crippen LogP contribution is -2.38. The van der Waals surface area contributed by atoms with Crippen LogP contribution in [0.25, 0.3) is 10.4 Å². The summed E-state index contributed by atoms with van der Waals surface area (Å²) >= 11 is 1.38. The molecular formula is C21H17F3N4O2S. The smallest absolute Gasteiger partial charge is 0.365 e. The predicted molar refractivity (Wildman–Crippen MR) is 113 cm³/mol. The van der Waals surface area contributed by atoms with Crippen molar-refractivity contribution in [2.75, 3.05) is 29.1 Å².